The maximum atomic E-state index is 12.0. The minimum atomic E-state index is -0.888. The van der Waals surface area contributed by atoms with Gasteiger partial charge < -0.3 is 10.0 Å². The minimum Gasteiger partial charge on any atom is -0.481 e. The Bertz CT molecular complexity index is 389. The molecule has 1 aromatic rings. The summed E-state index contributed by atoms with van der Waals surface area (Å²) in [6.45, 7) is 4.64. The summed E-state index contributed by atoms with van der Waals surface area (Å²) in [7, 11) is 0. The number of hydrogen-bond acceptors (Lipinski definition) is 3. The van der Waals surface area contributed by atoms with E-state index in [0.29, 0.717) is 19.5 Å². The average Bonchev–Trinajstić information content (AvgIpc) is 2.79. The number of aryl methyl sites for hydroxylation is 1. The summed E-state index contributed by atoms with van der Waals surface area (Å²) < 4.78 is 1.69. The van der Waals surface area contributed by atoms with Gasteiger partial charge in [-0.2, -0.15) is 5.10 Å². The molecule has 1 heterocycles. The topological polar surface area (TPSA) is 75.4 Å². The maximum Gasteiger partial charge on any atom is 0.305 e. The van der Waals surface area contributed by atoms with Crippen LogP contribution in [0.4, 0.5) is 0 Å². The number of aromatic nitrogens is 2. The fraction of sp³-hybridized carbons (Fsp3) is 0.583. The van der Waals surface area contributed by atoms with Crippen molar-refractivity contribution in [3.8, 4) is 0 Å². The van der Waals surface area contributed by atoms with E-state index in [0.717, 1.165) is 0 Å². The van der Waals surface area contributed by atoms with Gasteiger partial charge in [0.2, 0.25) is 5.91 Å². The van der Waals surface area contributed by atoms with E-state index in [-0.39, 0.29) is 18.4 Å². The molecular formula is C12H19N3O3. The van der Waals surface area contributed by atoms with E-state index in [9.17, 15) is 9.59 Å². The zero-order chi connectivity index (χ0) is 13.5. The van der Waals surface area contributed by atoms with Crippen LogP contribution >= 0.6 is 0 Å². The van der Waals surface area contributed by atoms with Crippen molar-refractivity contribution in [2.45, 2.75) is 39.3 Å². The van der Waals surface area contributed by atoms with Gasteiger partial charge in [0.25, 0.3) is 0 Å². The van der Waals surface area contributed by atoms with Crippen LogP contribution in [0, 0.1) is 0 Å². The molecule has 0 radical (unpaired) electrons. The van der Waals surface area contributed by atoms with Gasteiger partial charge in [-0.15, -0.1) is 0 Å². The van der Waals surface area contributed by atoms with Crippen LogP contribution < -0.4 is 0 Å². The predicted molar refractivity (Wildman–Crippen MR) is 65.9 cm³/mol. The molecule has 6 heteroatoms. The van der Waals surface area contributed by atoms with Crippen molar-refractivity contribution in [1.82, 2.24) is 14.7 Å². The molecule has 0 aliphatic rings. The number of aliphatic carboxylic acids is 1. The van der Waals surface area contributed by atoms with Gasteiger partial charge in [0.15, 0.2) is 0 Å². The highest BCUT2D eigenvalue weighted by Gasteiger charge is 2.20. The number of rotatable bonds is 7. The first-order chi connectivity index (χ1) is 8.54. The van der Waals surface area contributed by atoms with Gasteiger partial charge in [0, 0.05) is 37.9 Å². The highest BCUT2D eigenvalue weighted by molar-refractivity contribution is 5.77. The van der Waals surface area contributed by atoms with E-state index in [4.69, 9.17) is 5.11 Å². The third kappa shape index (κ3) is 4.20. The molecule has 0 spiro atoms. The van der Waals surface area contributed by atoms with Crippen LogP contribution in [-0.4, -0.2) is 44.3 Å². The lowest BCUT2D eigenvalue weighted by molar-refractivity contribution is -0.140. The molecular weight excluding hydrogens is 234 g/mol. The van der Waals surface area contributed by atoms with Crippen LogP contribution in [0.5, 0.6) is 0 Å². The zero-order valence-electron chi connectivity index (χ0n) is 10.7. The number of hydrogen-bond donors (Lipinski definition) is 1. The van der Waals surface area contributed by atoms with Crippen LogP contribution in [0.2, 0.25) is 0 Å². The van der Waals surface area contributed by atoms with E-state index >= 15 is 0 Å². The summed E-state index contributed by atoms with van der Waals surface area (Å²) in [5.74, 6) is -0.928. The smallest absolute Gasteiger partial charge is 0.305 e. The molecule has 0 aromatic carbocycles. The highest BCUT2D eigenvalue weighted by Crippen LogP contribution is 2.07. The SMILES string of the molecule is CCN(C(=O)CCn1cccn1)C(C)CC(=O)O. The molecule has 100 valence electrons. The molecule has 1 atom stereocenters. The molecule has 1 aromatic heterocycles. The Morgan fingerprint density at radius 3 is 2.72 bits per heavy atom. The molecule has 1 amide bonds. The predicted octanol–water partition coefficient (Wildman–Crippen LogP) is 0.985. The maximum absolute atomic E-state index is 12.0. The van der Waals surface area contributed by atoms with E-state index in [1.807, 2.05) is 6.92 Å². The molecule has 18 heavy (non-hydrogen) atoms. The molecule has 0 saturated heterocycles. The van der Waals surface area contributed by atoms with Crippen LogP contribution in [0.3, 0.4) is 0 Å². The van der Waals surface area contributed by atoms with E-state index < -0.39 is 5.97 Å². The molecule has 0 bridgehead atoms. The van der Waals surface area contributed by atoms with Crippen LogP contribution in [0.1, 0.15) is 26.7 Å². The summed E-state index contributed by atoms with van der Waals surface area (Å²) >= 11 is 0. The summed E-state index contributed by atoms with van der Waals surface area (Å²) in [6.07, 6.45) is 3.76. The van der Waals surface area contributed by atoms with Crippen molar-refractivity contribution < 1.29 is 14.7 Å². The Labute approximate surface area is 106 Å². The number of nitrogens with zero attached hydrogens (tertiary/aromatic N) is 3. The third-order valence-corrected chi connectivity index (χ3v) is 2.78. The lowest BCUT2D eigenvalue weighted by Crippen LogP contribution is -2.40. The molecule has 0 aliphatic carbocycles. The van der Waals surface area contributed by atoms with Crippen molar-refractivity contribution in [1.29, 1.82) is 0 Å². The van der Waals surface area contributed by atoms with Gasteiger partial charge in [-0.1, -0.05) is 0 Å². The van der Waals surface area contributed by atoms with Crippen LogP contribution in [0.25, 0.3) is 0 Å². The molecule has 0 fully saturated rings. The minimum absolute atomic E-state index is 0.0264. The largest absolute Gasteiger partial charge is 0.481 e. The van der Waals surface area contributed by atoms with Gasteiger partial charge >= 0.3 is 5.97 Å². The molecule has 1 rings (SSSR count). The van der Waals surface area contributed by atoms with E-state index in [2.05, 4.69) is 5.10 Å². The second kappa shape index (κ2) is 6.78. The molecule has 0 saturated carbocycles. The molecule has 0 aliphatic heterocycles. The highest BCUT2D eigenvalue weighted by atomic mass is 16.4. The second-order valence-electron chi connectivity index (χ2n) is 4.15. The van der Waals surface area contributed by atoms with E-state index in [1.165, 1.54) is 0 Å². The lowest BCUT2D eigenvalue weighted by atomic mass is 10.2. The Morgan fingerprint density at radius 1 is 1.50 bits per heavy atom. The Kier molecular flexibility index (Phi) is 5.35. The fourth-order valence-corrected chi connectivity index (χ4v) is 1.88. The molecule has 1 N–H and O–H groups in total. The fourth-order valence-electron chi connectivity index (χ4n) is 1.88. The van der Waals surface area contributed by atoms with Crippen LogP contribution in [0.15, 0.2) is 18.5 Å². The van der Waals surface area contributed by atoms with E-state index in [1.54, 1.807) is 35.0 Å². The standard InChI is InChI=1S/C12H19N3O3/c1-3-15(10(2)9-12(17)18)11(16)5-8-14-7-4-6-13-14/h4,6-7,10H,3,5,8-9H2,1-2H3,(H,17,18). The quantitative estimate of drug-likeness (QED) is 0.786. The lowest BCUT2D eigenvalue weighted by Gasteiger charge is -2.27. The Morgan fingerprint density at radius 2 is 2.22 bits per heavy atom. The molecule has 6 nitrogen and oxygen atoms in total. The summed E-state index contributed by atoms with van der Waals surface area (Å²) in [5, 5.41) is 12.8. The Balaban J connectivity index is 2.48. The van der Waals surface area contributed by atoms with Crippen molar-refractivity contribution in [2.75, 3.05) is 6.54 Å². The number of carboxylic acids is 1. The number of amides is 1. The van der Waals surface area contributed by atoms with Gasteiger partial charge in [0.1, 0.15) is 0 Å². The first-order valence-corrected chi connectivity index (χ1v) is 6.03. The number of carbonyl (C=O) groups excluding carboxylic acids is 1. The number of carbonyl (C=O) groups is 2. The molecule has 1 unspecified atom stereocenters. The monoisotopic (exact) mass is 253 g/mol. The van der Waals surface area contributed by atoms with Crippen molar-refractivity contribution >= 4 is 11.9 Å². The van der Waals surface area contributed by atoms with Crippen molar-refractivity contribution in [3.05, 3.63) is 18.5 Å². The average molecular weight is 253 g/mol. The summed E-state index contributed by atoms with van der Waals surface area (Å²) in [6, 6.07) is 1.52. The summed E-state index contributed by atoms with van der Waals surface area (Å²) in [5.41, 5.74) is 0. The number of carboxylic acid groups (broad SMARTS) is 1. The Hall–Kier alpha value is -1.85. The van der Waals surface area contributed by atoms with Crippen LogP contribution in [-0.2, 0) is 16.1 Å². The van der Waals surface area contributed by atoms with Gasteiger partial charge in [-0.3, -0.25) is 14.3 Å². The van der Waals surface area contributed by atoms with Crippen molar-refractivity contribution in [3.63, 3.8) is 0 Å². The van der Waals surface area contributed by atoms with Gasteiger partial charge in [-0.05, 0) is 19.9 Å². The third-order valence-electron chi connectivity index (χ3n) is 2.78. The first kappa shape index (κ1) is 14.2. The van der Waals surface area contributed by atoms with Crippen molar-refractivity contribution in [2.24, 2.45) is 0 Å². The second-order valence-corrected chi connectivity index (χ2v) is 4.15. The summed E-state index contributed by atoms with van der Waals surface area (Å²) in [4.78, 5) is 24.2. The normalized spacial score (nSPS) is 12.1. The first-order valence-electron chi connectivity index (χ1n) is 6.03. The van der Waals surface area contributed by atoms with Gasteiger partial charge in [-0.25, -0.2) is 0 Å². The van der Waals surface area contributed by atoms with Gasteiger partial charge in [0.05, 0.1) is 6.42 Å². The zero-order valence-corrected chi connectivity index (χ0v) is 10.7.